The third-order valence-electron chi connectivity index (χ3n) is 2.74. The van der Waals surface area contributed by atoms with Crippen molar-refractivity contribution in [3.8, 4) is 11.5 Å². The Bertz CT molecular complexity index is 339. The molecule has 0 aliphatic rings. The number of hydrogen-bond acceptors (Lipinski definition) is 3. The molecule has 3 heteroatoms. The molecule has 0 saturated heterocycles. The van der Waals surface area contributed by atoms with Gasteiger partial charge in [0.15, 0.2) is 0 Å². The summed E-state index contributed by atoms with van der Waals surface area (Å²) in [6, 6.07) is 6.12. The molecular formula is C14H23NO2. The molecule has 0 spiro atoms. The van der Waals surface area contributed by atoms with Gasteiger partial charge in [-0.1, -0.05) is 19.9 Å². The van der Waals surface area contributed by atoms with E-state index in [0.29, 0.717) is 0 Å². The summed E-state index contributed by atoms with van der Waals surface area (Å²) in [6.07, 6.45) is 2.81. The van der Waals surface area contributed by atoms with Gasteiger partial charge in [-0.25, -0.2) is 0 Å². The van der Waals surface area contributed by atoms with Gasteiger partial charge < -0.3 is 15.2 Å². The predicted molar refractivity (Wildman–Crippen MR) is 70.8 cm³/mol. The van der Waals surface area contributed by atoms with Gasteiger partial charge >= 0.3 is 0 Å². The summed E-state index contributed by atoms with van der Waals surface area (Å²) in [7, 11) is 1.66. The van der Waals surface area contributed by atoms with Crippen molar-refractivity contribution in [1.82, 2.24) is 0 Å². The molecule has 0 aliphatic carbocycles. The molecule has 0 aromatic heterocycles. The molecule has 1 aromatic carbocycles. The normalized spacial score (nSPS) is 12.2. The Kier molecular flexibility index (Phi) is 5.84. The number of nitrogens with two attached hydrogens (primary N) is 1. The van der Waals surface area contributed by atoms with Gasteiger partial charge in [-0.15, -0.1) is 0 Å². The smallest absolute Gasteiger partial charge is 0.126 e. The lowest BCUT2D eigenvalue weighted by molar-refractivity contribution is 0.310. The zero-order valence-corrected chi connectivity index (χ0v) is 11.0. The van der Waals surface area contributed by atoms with Gasteiger partial charge in [-0.3, -0.25) is 0 Å². The van der Waals surface area contributed by atoms with Gasteiger partial charge in [0.2, 0.25) is 0 Å². The minimum absolute atomic E-state index is 0.187. The van der Waals surface area contributed by atoms with Crippen molar-refractivity contribution in [2.24, 2.45) is 5.73 Å². The van der Waals surface area contributed by atoms with Crippen molar-refractivity contribution < 1.29 is 9.47 Å². The SMILES string of the molecule is CCCOc1cc(OC)ccc1CC(N)CC. The predicted octanol–water partition coefficient (Wildman–Crippen LogP) is 2.76. The van der Waals surface area contributed by atoms with E-state index >= 15 is 0 Å². The maximum Gasteiger partial charge on any atom is 0.126 e. The number of methoxy groups -OCH3 is 1. The number of benzene rings is 1. The van der Waals surface area contributed by atoms with E-state index in [1.807, 2.05) is 18.2 Å². The van der Waals surface area contributed by atoms with Crippen LogP contribution in [-0.4, -0.2) is 19.8 Å². The van der Waals surface area contributed by atoms with E-state index in [4.69, 9.17) is 15.2 Å². The van der Waals surface area contributed by atoms with E-state index < -0.39 is 0 Å². The molecular weight excluding hydrogens is 214 g/mol. The van der Waals surface area contributed by atoms with Crippen molar-refractivity contribution in [3.05, 3.63) is 23.8 Å². The maximum atomic E-state index is 5.99. The van der Waals surface area contributed by atoms with E-state index in [2.05, 4.69) is 13.8 Å². The van der Waals surface area contributed by atoms with Crippen molar-refractivity contribution in [2.75, 3.05) is 13.7 Å². The molecule has 0 amide bonds. The van der Waals surface area contributed by atoms with Gasteiger partial charge in [0.05, 0.1) is 13.7 Å². The third-order valence-corrected chi connectivity index (χ3v) is 2.74. The highest BCUT2D eigenvalue weighted by Gasteiger charge is 2.09. The Balaban J connectivity index is 2.85. The second-order valence-corrected chi connectivity index (χ2v) is 4.19. The minimum atomic E-state index is 0.187. The summed E-state index contributed by atoms with van der Waals surface area (Å²) < 4.78 is 10.9. The highest BCUT2D eigenvalue weighted by molar-refractivity contribution is 5.41. The second kappa shape index (κ2) is 7.17. The molecule has 0 heterocycles. The van der Waals surface area contributed by atoms with Crippen molar-refractivity contribution >= 4 is 0 Å². The van der Waals surface area contributed by atoms with Crippen LogP contribution in [0.25, 0.3) is 0 Å². The molecule has 1 aromatic rings. The van der Waals surface area contributed by atoms with E-state index in [1.165, 1.54) is 0 Å². The second-order valence-electron chi connectivity index (χ2n) is 4.19. The first-order valence-electron chi connectivity index (χ1n) is 6.26. The van der Waals surface area contributed by atoms with Crippen LogP contribution in [0.4, 0.5) is 0 Å². The monoisotopic (exact) mass is 237 g/mol. The summed E-state index contributed by atoms with van der Waals surface area (Å²) in [5.74, 6) is 1.72. The lowest BCUT2D eigenvalue weighted by Gasteiger charge is -2.15. The molecule has 0 saturated carbocycles. The number of ether oxygens (including phenoxy) is 2. The standard InChI is InChI=1S/C14H23NO2/c1-4-8-17-14-10-13(16-3)7-6-11(14)9-12(15)5-2/h6-7,10,12H,4-5,8-9,15H2,1-3H3. The van der Waals surface area contributed by atoms with Gasteiger partial charge in [0, 0.05) is 12.1 Å². The molecule has 0 bridgehead atoms. The molecule has 17 heavy (non-hydrogen) atoms. The fourth-order valence-corrected chi connectivity index (χ4v) is 1.60. The lowest BCUT2D eigenvalue weighted by Crippen LogP contribution is -2.21. The van der Waals surface area contributed by atoms with Crippen LogP contribution in [0, 0.1) is 0 Å². The van der Waals surface area contributed by atoms with Crippen LogP contribution in [0.15, 0.2) is 18.2 Å². The van der Waals surface area contributed by atoms with Crippen LogP contribution >= 0.6 is 0 Å². The van der Waals surface area contributed by atoms with E-state index in [9.17, 15) is 0 Å². The van der Waals surface area contributed by atoms with E-state index in [0.717, 1.165) is 42.9 Å². The first-order chi connectivity index (χ1) is 8.21. The van der Waals surface area contributed by atoms with Crippen LogP contribution in [0.5, 0.6) is 11.5 Å². The number of rotatable bonds is 7. The third kappa shape index (κ3) is 4.27. The average molecular weight is 237 g/mol. The highest BCUT2D eigenvalue weighted by atomic mass is 16.5. The molecule has 96 valence electrons. The fourth-order valence-electron chi connectivity index (χ4n) is 1.60. The summed E-state index contributed by atoms with van der Waals surface area (Å²) in [5.41, 5.74) is 7.15. The molecule has 0 radical (unpaired) electrons. The zero-order chi connectivity index (χ0) is 12.7. The summed E-state index contributed by atoms with van der Waals surface area (Å²) in [6.45, 7) is 4.92. The Morgan fingerprint density at radius 1 is 1.29 bits per heavy atom. The maximum absolute atomic E-state index is 5.99. The van der Waals surface area contributed by atoms with Crippen LogP contribution in [-0.2, 0) is 6.42 Å². The molecule has 3 nitrogen and oxygen atoms in total. The first-order valence-corrected chi connectivity index (χ1v) is 6.26. The molecule has 1 atom stereocenters. The Morgan fingerprint density at radius 2 is 2.06 bits per heavy atom. The first kappa shape index (κ1) is 13.8. The minimum Gasteiger partial charge on any atom is -0.497 e. The van der Waals surface area contributed by atoms with E-state index in [1.54, 1.807) is 7.11 Å². The number of hydrogen-bond donors (Lipinski definition) is 1. The van der Waals surface area contributed by atoms with Gasteiger partial charge in [-0.2, -0.15) is 0 Å². The Labute approximate surface area is 104 Å². The van der Waals surface area contributed by atoms with Crippen LogP contribution in [0.2, 0.25) is 0 Å². The van der Waals surface area contributed by atoms with Crippen molar-refractivity contribution in [3.63, 3.8) is 0 Å². The van der Waals surface area contributed by atoms with Gasteiger partial charge in [-0.05, 0) is 30.9 Å². The van der Waals surface area contributed by atoms with Crippen molar-refractivity contribution in [2.45, 2.75) is 39.2 Å². The van der Waals surface area contributed by atoms with Crippen LogP contribution in [0.1, 0.15) is 32.3 Å². The summed E-state index contributed by atoms with van der Waals surface area (Å²) in [4.78, 5) is 0. The van der Waals surface area contributed by atoms with Gasteiger partial charge in [0.25, 0.3) is 0 Å². The quantitative estimate of drug-likeness (QED) is 0.793. The van der Waals surface area contributed by atoms with E-state index in [-0.39, 0.29) is 6.04 Å². The molecule has 0 fully saturated rings. The van der Waals surface area contributed by atoms with Crippen LogP contribution in [0.3, 0.4) is 0 Å². The highest BCUT2D eigenvalue weighted by Crippen LogP contribution is 2.26. The Morgan fingerprint density at radius 3 is 2.65 bits per heavy atom. The Hall–Kier alpha value is -1.22. The van der Waals surface area contributed by atoms with Gasteiger partial charge in [0.1, 0.15) is 11.5 Å². The molecule has 1 rings (SSSR count). The molecule has 1 unspecified atom stereocenters. The zero-order valence-electron chi connectivity index (χ0n) is 11.0. The van der Waals surface area contributed by atoms with Crippen LogP contribution < -0.4 is 15.2 Å². The molecule has 0 aliphatic heterocycles. The average Bonchev–Trinajstić information content (AvgIpc) is 2.37. The van der Waals surface area contributed by atoms with Crippen molar-refractivity contribution in [1.29, 1.82) is 0 Å². The largest absolute Gasteiger partial charge is 0.497 e. The topological polar surface area (TPSA) is 44.5 Å². The summed E-state index contributed by atoms with van der Waals surface area (Å²) >= 11 is 0. The lowest BCUT2D eigenvalue weighted by atomic mass is 10.0. The molecule has 2 N–H and O–H groups in total. The fraction of sp³-hybridized carbons (Fsp3) is 0.571. The summed E-state index contributed by atoms with van der Waals surface area (Å²) in [5, 5.41) is 0.